The molecule has 1 aliphatic rings. The number of hydrogen-bond donors (Lipinski definition) is 1. The van der Waals surface area contributed by atoms with Gasteiger partial charge in [0, 0.05) is 18.5 Å². The van der Waals surface area contributed by atoms with Crippen molar-refractivity contribution in [1.82, 2.24) is 4.90 Å². The molecule has 27 heavy (non-hydrogen) atoms. The van der Waals surface area contributed by atoms with Crippen LogP contribution >= 0.6 is 0 Å². The Balaban J connectivity index is 1.94. The van der Waals surface area contributed by atoms with E-state index >= 15 is 0 Å². The fourth-order valence-electron chi connectivity index (χ4n) is 3.69. The molecule has 1 fully saturated rings. The van der Waals surface area contributed by atoms with E-state index in [0.717, 1.165) is 12.8 Å². The Morgan fingerprint density at radius 3 is 2.52 bits per heavy atom. The molecule has 2 N–H and O–H groups in total. The minimum Gasteiger partial charge on any atom is -0.496 e. The van der Waals surface area contributed by atoms with E-state index < -0.39 is 10.0 Å². The summed E-state index contributed by atoms with van der Waals surface area (Å²) in [7, 11) is -2.46. The fourth-order valence-corrected chi connectivity index (χ4v) is 4.23. The van der Waals surface area contributed by atoms with Gasteiger partial charge in [-0.25, -0.2) is 13.6 Å². The molecule has 1 aliphatic heterocycles. The fraction of sp³-hybridized carbons (Fsp3) is 0.350. The van der Waals surface area contributed by atoms with Gasteiger partial charge in [-0.1, -0.05) is 37.3 Å². The Morgan fingerprint density at radius 2 is 1.89 bits per heavy atom. The summed E-state index contributed by atoms with van der Waals surface area (Å²) < 4.78 is 28.6. The first-order valence-corrected chi connectivity index (χ1v) is 10.3. The molecular weight excluding hydrogens is 364 g/mol. The maximum atomic E-state index is 13.2. The number of benzene rings is 2. The normalized spacial score (nSPS) is 20.3. The van der Waals surface area contributed by atoms with Crippen LogP contribution in [0.4, 0.5) is 0 Å². The first-order valence-electron chi connectivity index (χ1n) is 8.80. The predicted octanol–water partition coefficient (Wildman–Crippen LogP) is 2.54. The number of carbonyl (C=O) groups is 1. The van der Waals surface area contributed by atoms with Crippen LogP contribution in [-0.2, 0) is 15.4 Å². The molecule has 0 saturated carbocycles. The lowest BCUT2D eigenvalue weighted by molar-refractivity contribution is 0.0647. The standard InChI is InChI=1S/C20H24N2O4S/c1-20(15-7-4-3-5-8-15)11-6-12-22(14-20)19(23)17-13-16(27(21,24)25)9-10-18(17)26-2/h3-5,7-10,13H,6,11-12,14H2,1-2H3,(H2,21,24,25). The van der Waals surface area contributed by atoms with E-state index in [1.807, 2.05) is 18.2 Å². The zero-order valence-corrected chi connectivity index (χ0v) is 16.3. The molecule has 0 radical (unpaired) electrons. The summed E-state index contributed by atoms with van der Waals surface area (Å²) in [5.74, 6) is 0.0820. The second-order valence-electron chi connectivity index (χ2n) is 7.16. The van der Waals surface area contributed by atoms with Crippen molar-refractivity contribution in [3.05, 3.63) is 59.7 Å². The Labute approximate surface area is 160 Å². The largest absolute Gasteiger partial charge is 0.496 e. The van der Waals surface area contributed by atoms with Gasteiger partial charge in [0.25, 0.3) is 5.91 Å². The molecule has 6 nitrogen and oxygen atoms in total. The maximum Gasteiger partial charge on any atom is 0.257 e. The Kier molecular flexibility index (Phi) is 5.26. The number of rotatable bonds is 4. The number of hydrogen-bond acceptors (Lipinski definition) is 4. The Hall–Kier alpha value is -2.38. The van der Waals surface area contributed by atoms with Crippen molar-refractivity contribution in [1.29, 1.82) is 0 Å². The molecule has 1 atom stereocenters. The monoisotopic (exact) mass is 388 g/mol. The number of amides is 1. The third kappa shape index (κ3) is 3.99. The van der Waals surface area contributed by atoms with Gasteiger partial charge in [0.1, 0.15) is 5.75 Å². The molecule has 0 aliphatic carbocycles. The summed E-state index contributed by atoms with van der Waals surface area (Å²) in [6.07, 6.45) is 1.85. The van der Waals surface area contributed by atoms with Crippen molar-refractivity contribution in [2.45, 2.75) is 30.1 Å². The van der Waals surface area contributed by atoms with Crippen molar-refractivity contribution in [3.8, 4) is 5.75 Å². The number of ether oxygens (including phenoxy) is 1. The smallest absolute Gasteiger partial charge is 0.257 e. The van der Waals surface area contributed by atoms with E-state index in [-0.39, 0.29) is 21.8 Å². The number of methoxy groups -OCH3 is 1. The SMILES string of the molecule is COc1ccc(S(N)(=O)=O)cc1C(=O)N1CCCC(C)(c2ccccc2)C1. The summed E-state index contributed by atoms with van der Waals surface area (Å²) in [6.45, 7) is 3.32. The van der Waals surface area contributed by atoms with Gasteiger partial charge in [-0.05, 0) is 36.6 Å². The molecule has 1 amide bonds. The molecular formula is C20H24N2O4S. The lowest BCUT2D eigenvalue weighted by atomic mass is 9.76. The van der Waals surface area contributed by atoms with Gasteiger partial charge in [-0.3, -0.25) is 4.79 Å². The molecule has 1 heterocycles. The van der Waals surface area contributed by atoms with E-state index in [1.54, 1.807) is 4.90 Å². The van der Waals surface area contributed by atoms with Gasteiger partial charge in [-0.15, -0.1) is 0 Å². The maximum absolute atomic E-state index is 13.2. The van der Waals surface area contributed by atoms with Crippen molar-refractivity contribution >= 4 is 15.9 Å². The van der Waals surface area contributed by atoms with Crippen molar-refractivity contribution in [2.24, 2.45) is 5.14 Å². The van der Waals surface area contributed by atoms with E-state index in [0.29, 0.717) is 18.8 Å². The van der Waals surface area contributed by atoms with Crippen LogP contribution in [0.15, 0.2) is 53.4 Å². The van der Waals surface area contributed by atoms with Gasteiger partial charge in [-0.2, -0.15) is 0 Å². The van der Waals surface area contributed by atoms with Crippen LogP contribution in [0.1, 0.15) is 35.7 Å². The van der Waals surface area contributed by atoms with Crippen molar-refractivity contribution in [2.75, 3.05) is 20.2 Å². The number of sulfonamides is 1. The first kappa shape index (κ1) is 19.4. The zero-order chi connectivity index (χ0) is 19.7. The highest BCUT2D eigenvalue weighted by Crippen LogP contribution is 2.35. The van der Waals surface area contributed by atoms with E-state index in [2.05, 4.69) is 19.1 Å². The summed E-state index contributed by atoms with van der Waals surface area (Å²) in [4.78, 5) is 14.9. The first-order chi connectivity index (χ1) is 12.7. The van der Waals surface area contributed by atoms with Gasteiger partial charge in [0.15, 0.2) is 0 Å². The third-order valence-corrected chi connectivity index (χ3v) is 6.10. The lowest BCUT2D eigenvalue weighted by Crippen LogP contribution is -2.47. The highest BCUT2D eigenvalue weighted by atomic mass is 32.2. The second kappa shape index (κ2) is 7.32. The van der Waals surface area contributed by atoms with Gasteiger partial charge in [0.05, 0.1) is 17.6 Å². The summed E-state index contributed by atoms with van der Waals surface area (Å²) >= 11 is 0. The zero-order valence-electron chi connectivity index (χ0n) is 15.5. The van der Waals surface area contributed by atoms with Crippen molar-refractivity contribution in [3.63, 3.8) is 0 Å². The van der Waals surface area contributed by atoms with Crippen molar-refractivity contribution < 1.29 is 17.9 Å². The average Bonchev–Trinajstić information content (AvgIpc) is 2.67. The molecule has 0 bridgehead atoms. The minimum absolute atomic E-state index is 0.102. The topological polar surface area (TPSA) is 89.7 Å². The van der Waals surface area contributed by atoms with E-state index in [1.165, 1.54) is 30.9 Å². The molecule has 7 heteroatoms. The number of piperidine rings is 1. The number of nitrogens with zero attached hydrogens (tertiary/aromatic N) is 1. The van der Waals surface area contributed by atoms with Gasteiger partial charge in [0.2, 0.25) is 10.0 Å². The lowest BCUT2D eigenvalue weighted by Gasteiger charge is -2.41. The van der Waals surface area contributed by atoms with Gasteiger partial charge < -0.3 is 9.64 Å². The van der Waals surface area contributed by atoms with Gasteiger partial charge >= 0.3 is 0 Å². The van der Waals surface area contributed by atoms with E-state index in [4.69, 9.17) is 9.88 Å². The number of primary sulfonamides is 1. The average molecular weight is 388 g/mol. The summed E-state index contributed by atoms with van der Waals surface area (Å²) in [5, 5.41) is 5.22. The molecule has 1 saturated heterocycles. The molecule has 144 valence electrons. The molecule has 1 unspecified atom stereocenters. The highest BCUT2D eigenvalue weighted by Gasteiger charge is 2.35. The van der Waals surface area contributed by atoms with E-state index in [9.17, 15) is 13.2 Å². The molecule has 2 aromatic rings. The quantitative estimate of drug-likeness (QED) is 0.871. The molecule has 3 rings (SSSR count). The van der Waals surface area contributed by atoms with Crippen LogP contribution in [0.3, 0.4) is 0 Å². The van der Waals surface area contributed by atoms with Crippen LogP contribution in [0.25, 0.3) is 0 Å². The Morgan fingerprint density at radius 1 is 1.19 bits per heavy atom. The van der Waals surface area contributed by atoms with Crippen LogP contribution in [-0.4, -0.2) is 39.4 Å². The second-order valence-corrected chi connectivity index (χ2v) is 8.73. The van der Waals surface area contributed by atoms with Crippen LogP contribution < -0.4 is 9.88 Å². The molecule has 0 aromatic heterocycles. The Bertz CT molecular complexity index is 944. The third-order valence-electron chi connectivity index (χ3n) is 5.18. The van der Waals surface area contributed by atoms with Crippen LogP contribution in [0.5, 0.6) is 5.75 Å². The number of likely N-dealkylation sites (tertiary alicyclic amines) is 1. The minimum atomic E-state index is -3.91. The summed E-state index contributed by atoms with van der Waals surface area (Å²) in [6, 6.07) is 14.2. The molecule has 0 spiro atoms. The summed E-state index contributed by atoms with van der Waals surface area (Å²) in [5.41, 5.74) is 1.24. The number of carbonyl (C=O) groups excluding carboxylic acids is 1. The predicted molar refractivity (Wildman–Crippen MR) is 103 cm³/mol. The molecule has 2 aromatic carbocycles. The highest BCUT2D eigenvalue weighted by molar-refractivity contribution is 7.89. The number of nitrogens with two attached hydrogens (primary N) is 1. The van der Waals surface area contributed by atoms with Crippen LogP contribution in [0.2, 0.25) is 0 Å². The van der Waals surface area contributed by atoms with Crippen LogP contribution in [0, 0.1) is 0 Å².